The predicted molar refractivity (Wildman–Crippen MR) is 108 cm³/mol. The van der Waals surface area contributed by atoms with Crippen molar-refractivity contribution < 1.29 is 17.6 Å². The number of halogens is 1. The first-order valence-corrected chi connectivity index (χ1v) is 10.9. The quantitative estimate of drug-likeness (QED) is 0.796. The summed E-state index contributed by atoms with van der Waals surface area (Å²) in [5, 5.41) is 0. The molecule has 0 radical (unpaired) electrons. The van der Waals surface area contributed by atoms with Gasteiger partial charge in [-0.05, 0) is 55.7 Å². The van der Waals surface area contributed by atoms with Gasteiger partial charge < -0.3 is 4.90 Å². The Morgan fingerprint density at radius 2 is 1.82 bits per heavy atom. The van der Waals surface area contributed by atoms with Gasteiger partial charge in [0.1, 0.15) is 5.82 Å². The van der Waals surface area contributed by atoms with Crippen molar-refractivity contribution in [3.05, 3.63) is 59.4 Å². The number of nitrogens with zero attached hydrogens (tertiary/aromatic N) is 2. The predicted octanol–water partition coefficient (Wildman–Crippen LogP) is 3.73. The van der Waals surface area contributed by atoms with E-state index >= 15 is 0 Å². The molecule has 2 amide bonds. The van der Waals surface area contributed by atoms with Crippen molar-refractivity contribution in [3.8, 4) is 0 Å². The lowest BCUT2D eigenvalue weighted by Crippen LogP contribution is -2.49. The summed E-state index contributed by atoms with van der Waals surface area (Å²) < 4.78 is 39.9. The van der Waals surface area contributed by atoms with Crippen LogP contribution in [0.1, 0.15) is 24.5 Å². The standard InChI is InChI=1S/C20H24FN3O3S/c1-3-28(26,27)22-18-13-15(2)5-10-19(18)24-12-4-11-23(20(24)25)14-16-6-8-17(21)9-7-16/h5-10,13,22H,3-4,11-12,14H2,1-2H3. The summed E-state index contributed by atoms with van der Waals surface area (Å²) in [6, 6.07) is 11.2. The topological polar surface area (TPSA) is 69.7 Å². The van der Waals surface area contributed by atoms with Crippen LogP contribution in [0.4, 0.5) is 20.6 Å². The first-order chi connectivity index (χ1) is 13.3. The van der Waals surface area contributed by atoms with E-state index in [-0.39, 0.29) is 17.6 Å². The van der Waals surface area contributed by atoms with Crippen LogP contribution in [-0.4, -0.2) is 38.2 Å². The first-order valence-electron chi connectivity index (χ1n) is 9.21. The number of urea groups is 1. The van der Waals surface area contributed by atoms with Gasteiger partial charge in [0.25, 0.3) is 0 Å². The van der Waals surface area contributed by atoms with Crippen LogP contribution in [0.2, 0.25) is 0 Å². The smallest absolute Gasteiger partial charge is 0.320 e. The summed E-state index contributed by atoms with van der Waals surface area (Å²) in [6.45, 7) is 4.90. The van der Waals surface area contributed by atoms with Crippen molar-refractivity contribution in [1.29, 1.82) is 0 Å². The SMILES string of the molecule is CCS(=O)(=O)Nc1cc(C)ccc1N1CCCN(Cc2ccc(F)cc2)C1=O. The van der Waals surface area contributed by atoms with Gasteiger partial charge in [0.15, 0.2) is 0 Å². The second kappa shape index (κ2) is 8.18. The van der Waals surface area contributed by atoms with E-state index in [1.54, 1.807) is 41.0 Å². The number of hydrogen-bond acceptors (Lipinski definition) is 3. The number of amides is 2. The van der Waals surface area contributed by atoms with E-state index in [2.05, 4.69) is 4.72 Å². The lowest BCUT2D eigenvalue weighted by molar-refractivity contribution is 0.192. The highest BCUT2D eigenvalue weighted by Gasteiger charge is 2.29. The summed E-state index contributed by atoms with van der Waals surface area (Å²) in [6.07, 6.45) is 0.751. The molecule has 1 saturated heterocycles. The lowest BCUT2D eigenvalue weighted by Gasteiger charge is -2.36. The number of anilines is 2. The van der Waals surface area contributed by atoms with Crippen LogP contribution < -0.4 is 9.62 Å². The highest BCUT2D eigenvalue weighted by Crippen LogP contribution is 2.31. The Morgan fingerprint density at radius 1 is 1.11 bits per heavy atom. The maximum absolute atomic E-state index is 13.1. The molecule has 0 aliphatic carbocycles. The largest absolute Gasteiger partial charge is 0.324 e. The molecule has 1 N–H and O–H groups in total. The average molecular weight is 405 g/mol. The number of carbonyl (C=O) groups excluding carboxylic acids is 1. The minimum Gasteiger partial charge on any atom is -0.320 e. The van der Waals surface area contributed by atoms with E-state index in [0.29, 0.717) is 31.0 Å². The first kappa shape index (κ1) is 20.1. The van der Waals surface area contributed by atoms with E-state index in [1.165, 1.54) is 12.1 Å². The molecule has 2 aromatic rings. The minimum atomic E-state index is -3.47. The third-order valence-corrected chi connectivity index (χ3v) is 5.98. The molecule has 6 nitrogen and oxygen atoms in total. The summed E-state index contributed by atoms with van der Waals surface area (Å²) in [5.74, 6) is -0.367. The van der Waals surface area contributed by atoms with Crippen molar-refractivity contribution in [2.45, 2.75) is 26.8 Å². The summed E-state index contributed by atoms with van der Waals surface area (Å²) in [7, 11) is -3.47. The van der Waals surface area contributed by atoms with Gasteiger partial charge in [-0.2, -0.15) is 0 Å². The fourth-order valence-corrected chi connectivity index (χ4v) is 3.81. The Balaban J connectivity index is 1.86. The minimum absolute atomic E-state index is 0.0506. The molecule has 3 rings (SSSR count). The fraction of sp³-hybridized carbons (Fsp3) is 0.350. The zero-order valence-corrected chi connectivity index (χ0v) is 16.8. The van der Waals surface area contributed by atoms with Gasteiger partial charge in [0, 0.05) is 19.6 Å². The van der Waals surface area contributed by atoms with Crippen LogP contribution in [-0.2, 0) is 16.6 Å². The number of carbonyl (C=O) groups is 1. The average Bonchev–Trinajstić information content (AvgIpc) is 2.65. The molecule has 0 unspecified atom stereocenters. The van der Waals surface area contributed by atoms with Crippen LogP contribution >= 0.6 is 0 Å². The fourth-order valence-electron chi connectivity index (χ4n) is 3.17. The van der Waals surface area contributed by atoms with Crippen LogP contribution in [0.5, 0.6) is 0 Å². The maximum Gasteiger partial charge on any atom is 0.324 e. The molecule has 28 heavy (non-hydrogen) atoms. The third kappa shape index (κ3) is 4.62. The molecule has 1 aliphatic rings. The number of rotatable bonds is 6. The van der Waals surface area contributed by atoms with E-state index in [4.69, 9.17) is 0 Å². The van der Waals surface area contributed by atoms with E-state index in [0.717, 1.165) is 17.5 Å². The van der Waals surface area contributed by atoms with Crippen LogP contribution in [0, 0.1) is 12.7 Å². The van der Waals surface area contributed by atoms with Gasteiger partial charge in [0.2, 0.25) is 10.0 Å². The molecule has 0 spiro atoms. The van der Waals surface area contributed by atoms with Gasteiger partial charge in [-0.15, -0.1) is 0 Å². The molecule has 0 aromatic heterocycles. The van der Waals surface area contributed by atoms with Gasteiger partial charge in [-0.3, -0.25) is 9.62 Å². The van der Waals surface area contributed by atoms with Gasteiger partial charge in [-0.25, -0.2) is 17.6 Å². The Kier molecular flexibility index (Phi) is 5.88. The summed E-state index contributed by atoms with van der Waals surface area (Å²) >= 11 is 0. The summed E-state index contributed by atoms with van der Waals surface area (Å²) in [4.78, 5) is 16.4. The number of benzene rings is 2. The Labute approximate surface area is 165 Å². The van der Waals surface area contributed by atoms with Crippen molar-refractivity contribution in [2.24, 2.45) is 0 Å². The third-order valence-electron chi connectivity index (χ3n) is 4.69. The molecule has 0 atom stereocenters. The van der Waals surface area contributed by atoms with Gasteiger partial charge in [-0.1, -0.05) is 18.2 Å². The van der Waals surface area contributed by atoms with E-state index in [9.17, 15) is 17.6 Å². The highest BCUT2D eigenvalue weighted by molar-refractivity contribution is 7.92. The van der Waals surface area contributed by atoms with E-state index in [1.807, 2.05) is 13.0 Å². The zero-order chi connectivity index (χ0) is 20.3. The number of aryl methyl sites for hydroxylation is 1. The van der Waals surface area contributed by atoms with Crippen LogP contribution in [0.3, 0.4) is 0 Å². The highest BCUT2D eigenvalue weighted by atomic mass is 32.2. The second-order valence-electron chi connectivity index (χ2n) is 6.86. The Bertz CT molecular complexity index is 961. The molecule has 8 heteroatoms. The summed E-state index contributed by atoms with van der Waals surface area (Å²) in [5.41, 5.74) is 2.67. The molecule has 1 heterocycles. The van der Waals surface area contributed by atoms with Crippen molar-refractivity contribution in [2.75, 3.05) is 28.5 Å². The number of sulfonamides is 1. The maximum atomic E-state index is 13.1. The van der Waals surface area contributed by atoms with Crippen molar-refractivity contribution in [3.63, 3.8) is 0 Å². The zero-order valence-electron chi connectivity index (χ0n) is 16.0. The molecule has 1 fully saturated rings. The normalized spacial score (nSPS) is 15.0. The van der Waals surface area contributed by atoms with Crippen LogP contribution in [0.25, 0.3) is 0 Å². The number of hydrogen-bond donors (Lipinski definition) is 1. The molecule has 2 aromatic carbocycles. The monoisotopic (exact) mass is 405 g/mol. The van der Waals surface area contributed by atoms with Crippen LogP contribution in [0.15, 0.2) is 42.5 Å². The Morgan fingerprint density at radius 3 is 2.50 bits per heavy atom. The second-order valence-corrected chi connectivity index (χ2v) is 8.87. The molecule has 0 bridgehead atoms. The van der Waals surface area contributed by atoms with E-state index < -0.39 is 10.0 Å². The molecular weight excluding hydrogens is 381 g/mol. The molecule has 1 aliphatic heterocycles. The van der Waals surface area contributed by atoms with Gasteiger partial charge >= 0.3 is 6.03 Å². The molecule has 150 valence electrons. The molecular formula is C20H24FN3O3S. The molecule has 0 saturated carbocycles. The number of nitrogens with one attached hydrogen (secondary N) is 1. The van der Waals surface area contributed by atoms with Crippen molar-refractivity contribution >= 4 is 27.4 Å². The van der Waals surface area contributed by atoms with Crippen molar-refractivity contribution in [1.82, 2.24) is 4.90 Å². The lowest BCUT2D eigenvalue weighted by atomic mass is 10.1. The van der Waals surface area contributed by atoms with Gasteiger partial charge in [0.05, 0.1) is 17.1 Å². The Hall–Kier alpha value is -2.61.